The number of anilines is 3. The molecule has 0 saturated heterocycles. The van der Waals surface area contributed by atoms with E-state index in [9.17, 15) is 0 Å². The molecule has 1 saturated carbocycles. The van der Waals surface area contributed by atoms with E-state index in [2.05, 4.69) is 44.5 Å². The van der Waals surface area contributed by atoms with Gasteiger partial charge in [-0.3, -0.25) is 4.68 Å². The van der Waals surface area contributed by atoms with Crippen LogP contribution in [0.4, 0.5) is 17.5 Å². The molecule has 1 atom stereocenters. The Morgan fingerprint density at radius 1 is 1.36 bits per heavy atom. The third-order valence-electron chi connectivity index (χ3n) is 4.32. The van der Waals surface area contributed by atoms with E-state index in [0.29, 0.717) is 12.0 Å². The SMILES string of the molecule is C.CCn1cc(Nc2nc(N[C@@H](C)C3CC3)c3cc[nH]c3n2)cn1.S. The molecule has 7 nitrogen and oxygen atoms in total. The van der Waals surface area contributed by atoms with Crippen LogP contribution >= 0.6 is 13.5 Å². The maximum Gasteiger partial charge on any atom is 0.231 e. The van der Waals surface area contributed by atoms with E-state index in [1.165, 1.54) is 12.8 Å². The maximum atomic E-state index is 4.66. The summed E-state index contributed by atoms with van der Waals surface area (Å²) in [7, 11) is 0. The highest BCUT2D eigenvalue weighted by Gasteiger charge is 2.28. The Morgan fingerprint density at radius 2 is 2.16 bits per heavy atom. The fourth-order valence-electron chi connectivity index (χ4n) is 2.77. The van der Waals surface area contributed by atoms with E-state index in [1.807, 2.05) is 23.1 Å². The molecule has 3 N–H and O–H groups in total. The topological polar surface area (TPSA) is 83.5 Å². The number of fused-ring (bicyclic) bond motifs is 1. The first-order valence-corrected chi connectivity index (χ1v) is 8.14. The Morgan fingerprint density at radius 3 is 2.84 bits per heavy atom. The first-order chi connectivity index (χ1) is 11.2. The number of rotatable bonds is 6. The van der Waals surface area contributed by atoms with Crippen LogP contribution in [0.5, 0.6) is 0 Å². The molecule has 0 unspecified atom stereocenters. The first-order valence-electron chi connectivity index (χ1n) is 8.14. The van der Waals surface area contributed by atoms with E-state index in [0.717, 1.165) is 35.0 Å². The standard InChI is InChI=1S/C16H21N7.CH4.H2S/c1-3-23-9-12(8-18-23)20-16-21-14-13(6-7-17-14)15(22-16)19-10(2)11-4-5-11;;/h6-11H,3-5H2,1-2H3,(H3,17,19,20,21,22);1H4;1H2/t10-;;/m0../s1. The largest absolute Gasteiger partial charge is 0.367 e. The summed E-state index contributed by atoms with van der Waals surface area (Å²) in [6, 6.07) is 2.44. The highest BCUT2D eigenvalue weighted by atomic mass is 32.1. The van der Waals surface area contributed by atoms with Crippen molar-refractivity contribution in [1.29, 1.82) is 0 Å². The molecule has 0 spiro atoms. The van der Waals surface area contributed by atoms with E-state index in [-0.39, 0.29) is 20.9 Å². The van der Waals surface area contributed by atoms with Gasteiger partial charge in [0.2, 0.25) is 5.95 Å². The zero-order valence-corrected chi connectivity index (χ0v) is 14.9. The summed E-state index contributed by atoms with van der Waals surface area (Å²) in [5.41, 5.74) is 1.72. The molecule has 1 aliphatic carbocycles. The van der Waals surface area contributed by atoms with Gasteiger partial charge in [0.25, 0.3) is 0 Å². The molecule has 0 amide bonds. The van der Waals surface area contributed by atoms with Crippen molar-refractivity contribution < 1.29 is 0 Å². The lowest BCUT2D eigenvalue weighted by Crippen LogP contribution is -2.18. The molecule has 0 aliphatic heterocycles. The van der Waals surface area contributed by atoms with Gasteiger partial charge in [-0.2, -0.15) is 28.6 Å². The van der Waals surface area contributed by atoms with Gasteiger partial charge in [0.15, 0.2) is 0 Å². The molecular formula is C17H27N7S. The van der Waals surface area contributed by atoms with E-state index >= 15 is 0 Å². The fourth-order valence-corrected chi connectivity index (χ4v) is 2.77. The minimum absolute atomic E-state index is 0. The number of hydrogen-bond acceptors (Lipinski definition) is 5. The van der Waals surface area contributed by atoms with Gasteiger partial charge in [0.1, 0.15) is 11.5 Å². The van der Waals surface area contributed by atoms with Gasteiger partial charge in [0.05, 0.1) is 17.3 Å². The molecule has 25 heavy (non-hydrogen) atoms. The lowest BCUT2D eigenvalue weighted by atomic mass is 10.2. The normalized spacial score (nSPS) is 14.5. The Labute approximate surface area is 155 Å². The molecule has 0 aromatic carbocycles. The quantitative estimate of drug-likeness (QED) is 0.620. The molecular weight excluding hydrogens is 334 g/mol. The van der Waals surface area contributed by atoms with Crippen LogP contribution in [-0.2, 0) is 6.54 Å². The van der Waals surface area contributed by atoms with Crippen LogP contribution in [0.3, 0.4) is 0 Å². The predicted molar refractivity (Wildman–Crippen MR) is 108 cm³/mol. The molecule has 4 rings (SSSR count). The lowest BCUT2D eigenvalue weighted by Gasteiger charge is -2.15. The summed E-state index contributed by atoms with van der Waals surface area (Å²) >= 11 is 0. The average molecular weight is 362 g/mol. The highest BCUT2D eigenvalue weighted by Crippen LogP contribution is 2.34. The molecule has 0 radical (unpaired) electrons. The molecule has 8 heteroatoms. The third kappa shape index (κ3) is 4.07. The van der Waals surface area contributed by atoms with E-state index < -0.39 is 0 Å². The average Bonchev–Trinajstić information content (AvgIpc) is 3.12. The second-order valence-corrected chi connectivity index (χ2v) is 6.12. The van der Waals surface area contributed by atoms with Gasteiger partial charge in [-0.05, 0) is 38.7 Å². The number of H-pyrrole nitrogens is 1. The summed E-state index contributed by atoms with van der Waals surface area (Å²) in [4.78, 5) is 12.4. The van der Waals surface area contributed by atoms with Gasteiger partial charge in [-0.25, -0.2) is 0 Å². The molecule has 1 aliphatic rings. The van der Waals surface area contributed by atoms with Crippen molar-refractivity contribution in [1.82, 2.24) is 24.7 Å². The highest BCUT2D eigenvalue weighted by molar-refractivity contribution is 7.59. The van der Waals surface area contributed by atoms with Crippen LogP contribution in [0.15, 0.2) is 24.7 Å². The second kappa shape index (κ2) is 7.77. The van der Waals surface area contributed by atoms with Crippen LogP contribution in [-0.4, -0.2) is 30.8 Å². The van der Waals surface area contributed by atoms with Crippen molar-refractivity contribution in [2.45, 2.75) is 46.7 Å². The second-order valence-electron chi connectivity index (χ2n) is 6.12. The van der Waals surface area contributed by atoms with Crippen molar-refractivity contribution in [3.8, 4) is 0 Å². The lowest BCUT2D eigenvalue weighted by molar-refractivity contribution is 0.660. The summed E-state index contributed by atoms with van der Waals surface area (Å²) in [6.45, 7) is 5.11. The zero-order valence-electron chi connectivity index (χ0n) is 13.9. The van der Waals surface area contributed by atoms with Gasteiger partial charge < -0.3 is 15.6 Å². The third-order valence-corrected chi connectivity index (χ3v) is 4.32. The number of hydrogen-bond donors (Lipinski definition) is 3. The van der Waals surface area contributed by atoms with Gasteiger partial charge >= 0.3 is 0 Å². The number of nitrogens with one attached hydrogen (secondary N) is 3. The van der Waals surface area contributed by atoms with Crippen LogP contribution in [0.2, 0.25) is 0 Å². The number of aromatic amines is 1. The Hall–Kier alpha value is -2.22. The summed E-state index contributed by atoms with van der Waals surface area (Å²) in [5.74, 6) is 2.21. The minimum Gasteiger partial charge on any atom is -0.367 e. The smallest absolute Gasteiger partial charge is 0.231 e. The van der Waals surface area contributed by atoms with Crippen molar-refractivity contribution >= 4 is 42.0 Å². The van der Waals surface area contributed by atoms with Gasteiger partial charge in [-0.1, -0.05) is 7.43 Å². The predicted octanol–water partition coefficient (Wildman–Crippen LogP) is 3.88. The summed E-state index contributed by atoms with van der Waals surface area (Å²) in [5, 5.41) is 12.1. The van der Waals surface area contributed by atoms with Crippen molar-refractivity contribution in [2.24, 2.45) is 5.92 Å². The first kappa shape index (κ1) is 19.1. The molecule has 3 aromatic heterocycles. The van der Waals surface area contributed by atoms with Gasteiger partial charge in [-0.15, -0.1) is 0 Å². The molecule has 136 valence electrons. The fraction of sp³-hybridized carbons (Fsp3) is 0.471. The van der Waals surface area contributed by atoms with Crippen LogP contribution in [0.1, 0.15) is 34.1 Å². The molecule has 3 aromatic rings. The molecule has 3 heterocycles. The van der Waals surface area contributed by atoms with Crippen molar-refractivity contribution in [3.05, 3.63) is 24.7 Å². The number of nitrogens with zero attached hydrogens (tertiary/aromatic N) is 4. The van der Waals surface area contributed by atoms with Crippen LogP contribution < -0.4 is 10.6 Å². The van der Waals surface area contributed by atoms with Crippen molar-refractivity contribution in [3.63, 3.8) is 0 Å². The maximum absolute atomic E-state index is 4.66. The van der Waals surface area contributed by atoms with Gasteiger partial charge in [0, 0.05) is 25.0 Å². The van der Waals surface area contributed by atoms with E-state index in [1.54, 1.807) is 6.20 Å². The summed E-state index contributed by atoms with van der Waals surface area (Å²) in [6.07, 6.45) is 8.23. The molecule has 1 fully saturated rings. The van der Waals surface area contributed by atoms with E-state index in [4.69, 9.17) is 0 Å². The van der Waals surface area contributed by atoms with Crippen LogP contribution in [0, 0.1) is 5.92 Å². The number of aryl methyl sites for hydroxylation is 1. The van der Waals surface area contributed by atoms with Crippen LogP contribution in [0.25, 0.3) is 11.0 Å². The molecule has 0 bridgehead atoms. The monoisotopic (exact) mass is 361 g/mol. The minimum atomic E-state index is 0. The Balaban J connectivity index is 0.00000113. The Bertz CT molecular complexity index is 821. The van der Waals surface area contributed by atoms with Crippen molar-refractivity contribution in [2.75, 3.05) is 10.6 Å². The zero-order chi connectivity index (χ0) is 15.8. The summed E-state index contributed by atoms with van der Waals surface area (Å²) < 4.78 is 1.86. The Kier molecular flexibility index (Phi) is 5.94. The number of aromatic nitrogens is 5.